The van der Waals surface area contributed by atoms with E-state index >= 15 is 0 Å². The highest BCUT2D eigenvalue weighted by Gasteiger charge is 2.29. The summed E-state index contributed by atoms with van der Waals surface area (Å²) in [6.07, 6.45) is 2.61. The Labute approximate surface area is 181 Å². The number of carbonyl (C=O) groups excluding carboxylic acids is 1. The SMILES string of the molecule is CCCOc1nc2ccccc2nc1N1CCC[C@H](C(=O)Nc2cccc(Cl)c2)C1. The first kappa shape index (κ1) is 20.4. The number of anilines is 2. The molecule has 1 aromatic heterocycles. The van der Waals surface area contributed by atoms with Crippen LogP contribution in [0.5, 0.6) is 5.88 Å². The van der Waals surface area contributed by atoms with E-state index in [1.165, 1.54) is 0 Å². The van der Waals surface area contributed by atoms with Crippen molar-refractivity contribution in [2.75, 3.05) is 29.9 Å². The Bertz CT molecular complexity index is 1040. The van der Waals surface area contributed by atoms with E-state index in [4.69, 9.17) is 26.3 Å². The molecule has 0 saturated carbocycles. The fraction of sp³-hybridized carbons (Fsp3) is 0.348. The van der Waals surface area contributed by atoms with Gasteiger partial charge in [0.1, 0.15) is 0 Å². The first-order chi connectivity index (χ1) is 14.6. The molecule has 1 saturated heterocycles. The number of carbonyl (C=O) groups is 1. The largest absolute Gasteiger partial charge is 0.475 e. The number of piperidine rings is 1. The highest BCUT2D eigenvalue weighted by Crippen LogP contribution is 2.31. The summed E-state index contributed by atoms with van der Waals surface area (Å²) >= 11 is 6.04. The fourth-order valence-electron chi connectivity index (χ4n) is 3.67. The number of benzene rings is 2. The first-order valence-electron chi connectivity index (χ1n) is 10.3. The van der Waals surface area contributed by atoms with Gasteiger partial charge in [-0.15, -0.1) is 0 Å². The summed E-state index contributed by atoms with van der Waals surface area (Å²) in [6, 6.07) is 15.0. The highest BCUT2D eigenvalue weighted by molar-refractivity contribution is 6.30. The first-order valence-corrected chi connectivity index (χ1v) is 10.7. The molecule has 30 heavy (non-hydrogen) atoms. The third-order valence-electron chi connectivity index (χ3n) is 5.15. The minimum atomic E-state index is -0.148. The average molecular weight is 425 g/mol. The van der Waals surface area contributed by atoms with Crippen LogP contribution in [0.15, 0.2) is 48.5 Å². The van der Waals surface area contributed by atoms with Crippen molar-refractivity contribution in [3.63, 3.8) is 0 Å². The number of amides is 1. The summed E-state index contributed by atoms with van der Waals surface area (Å²) < 4.78 is 5.92. The Morgan fingerprint density at radius 1 is 1.20 bits per heavy atom. The summed E-state index contributed by atoms with van der Waals surface area (Å²) in [4.78, 5) is 24.5. The van der Waals surface area contributed by atoms with Gasteiger partial charge in [0.2, 0.25) is 5.91 Å². The van der Waals surface area contributed by atoms with E-state index in [1.807, 2.05) is 36.4 Å². The van der Waals surface area contributed by atoms with Crippen LogP contribution < -0.4 is 15.0 Å². The molecular weight excluding hydrogens is 400 g/mol. The van der Waals surface area contributed by atoms with Crippen molar-refractivity contribution in [2.45, 2.75) is 26.2 Å². The topological polar surface area (TPSA) is 67.4 Å². The van der Waals surface area contributed by atoms with Crippen molar-refractivity contribution in [2.24, 2.45) is 5.92 Å². The number of aromatic nitrogens is 2. The predicted octanol–water partition coefficient (Wildman–Crippen LogP) is 4.93. The molecule has 0 bridgehead atoms. The van der Waals surface area contributed by atoms with Gasteiger partial charge in [0.15, 0.2) is 5.82 Å². The van der Waals surface area contributed by atoms with Crippen molar-refractivity contribution in [3.05, 3.63) is 53.6 Å². The molecule has 0 spiro atoms. The summed E-state index contributed by atoms with van der Waals surface area (Å²) in [5, 5.41) is 3.58. The molecule has 1 aliphatic heterocycles. The Kier molecular flexibility index (Phi) is 6.33. The maximum Gasteiger partial charge on any atom is 0.258 e. The van der Waals surface area contributed by atoms with Crippen LogP contribution >= 0.6 is 11.6 Å². The number of hydrogen-bond acceptors (Lipinski definition) is 5. The van der Waals surface area contributed by atoms with Gasteiger partial charge in [0.05, 0.1) is 23.6 Å². The molecule has 3 aromatic rings. The van der Waals surface area contributed by atoms with Crippen LogP contribution in [0.3, 0.4) is 0 Å². The number of para-hydroxylation sites is 2. The molecule has 6 nitrogen and oxygen atoms in total. The van der Waals surface area contributed by atoms with Gasteiger partial charge in [-0.2, -0.15) is 0 Å². The van der Waals surface area contributed by atoms with Gasteiger partial charge in [0.25, 0.3) is 5.88 Å². The second-order valence-corrected chi connectivity index (χ2v) is 7.91. The zero-order valence-corrected chi connectivity index (χ0v) is 17.7. The zero-order valence-electron chi connectivity index (χ0n) is 17.0. The van der Waals surface area contributed by atoms with Crippen molar-refractivity contribution in [1.29, 1.82) is 0 Å². The summed E-state index contributed by atoms with van der Waals surface area (Å²) in [6.45, 7) is 4.02. The molecule has 2 heterocycles. The van der Waals surface area contributed by atoms with E-state index in [-0.39, 0.29) is 11.8 Å². The van der Waals surface area contributed by atoms with Crippen molar-refractivity contribution >= 4 is 40.0 Å². The van der Waals surface area contributed by atoms with Crippen LogP contribution in [-0.4, -0.2) is 35.6 Å². The Morgan fingerprint density at radius 3 is 2.77 bits per heavy atom. The molecule has 2 aromatic carbocycles. The van der Waals surface area contributed by atoms with Gasteiger partial charge in [-0.05, 0) is 49.6 Å². The monoisotopic (exact) mass is 424 g/mol. The average Bonchev–Trinajstić information content (AvgIpc) is 2.77. The van der Waals surface area contributed by atoms with Crippen molar-refractivity contribution < 1.29 is 9.53 Å². The van der Waals surface area contributed by atoms with Crippen molar-refractivity contribution in [1.82, 2.24) is 9.97 Å². The van der Waals surface area contributed by atoms with Gasteiger partial charge >= 0.3 is 0 Å². The van der Waals surface area contributed by atoms with Crippen LogP contribution in [0.25, 0.3) is 11.0 Å². The molecular formula is C23H25ClN4O2. The molecule has 0 aliphatic carbocycles. The Hall–Kier alpha value is -2.86. The number of nitrogens with zero attached hydrogens (tertiary/aromatic N) is 3. The second kappa shape index (κ2) is 9.30. The van der Waals surface area contributed by atoms with Gasteiger partial charge in [0, 0.05) is 23.8 Å². The fourth-order valence-corrected chi connectivity index (χ4v) is 3.86. The standard InChI is InChI=1S/C23H25ClN4O2/c1-2-13-30-23-21(26-19-10-3-4-11-20(19)27-23)28-12-6-7-16(15-28)22(29)25-18-9-5-8-17(24)14-18/h3-5,8-11,14,16H,2,6-7,12-13,15H2,1H3,(H,25,29)/t16-/m0/s1. The normalized spacial score (nSPS) is 16.5. The molecule has 1 atom stereocenters. The van der Waals surface area contributed by atoms with E-state index in [0.29, 0.717) is 35.6 Å². The predicted molar refractivity (Wildman–Crippen MR) is 120 cm³/mol. The molecule has 1 fully saturated rings. The molecule has 0 radical (unpaired) electrons. The summed E-state index contributed by atoms with van der Waals surface area (Å²) in [7, 11) is 0. The van der Waals surface area contributed by atoms with E-state index < -0.39 is 0 Å². The molecule has 1 N–H and O–H groups in total. The van der Waals surface area contributed by atoms with E-state index in [2.05, 4.69) is 17.1 Å². The molecule has 1 aliphatic rings. The van der Waals surface area contributed by atoms with Crippen LogP contribution in [0.2, 0.25) is 5.02 Å². The number of nitrogens with one attached hydrogen (secondary N) is 1. The van der Waals surface area contributed by atoms with Crippen LogP contribution in [0.4, 0.5) is 11.5 Å². The highest BCUT2D eigenvalue weighted by atomic mass is 35.5. The van der Waals surface area contributed by atoms with Crippen LogP contribution in [0.1, 0.15) is 26.2 Å². The van der Waals surface area contributed by atoms with Gasteiger partial charge in [-0.1, -0.05) is 36.7 Å². The van der Waals surface area contributed by atoms with Gasteiger partial charge < -0.3 is 15.0 Å². The third kappa shape index (κ3) is 4.65. The van der Waals surface area contributed by atoms with Crippen LogP contribution in [-0.2, 0) is 4.79 Å². The Morgan fingerprint density at radius 2 is 2.00 bits per heavy atom. The molecule has 7 heteroatoms. The second-order valence-electron chi connectivity index (χ2n) is 7.47. The number of hydrogen-bond donors (Lipinski definition) is 1. The number of fused-ring (bicyclic) bond motifs is 1. The smallest absolute Gasteiger partial charge is 0.258 e. The maximum atomic E-state index is 12.9. The molecule has 156 valence electrons. The molecule has 4 rings (SSSR count). The van der Waals surface area contributed by atoms with E-state index in [9.17, 15) is 4.79 Å². The lowest BCUT2D eigenvalue weighted by Gasteiger charge is -2.33. The minimum Gasteiger partial charge on any atom is -0.475 e. The third-order valence-corrected chi connectivity index (χ3v) is 5.38. The van der Waals surface area contributed by atoms with Gasteiger partial charge in [-0.25, -0.2) is 9.97 Å². The molecule has 1 amide bonds. The van der Waals surface area contributed by atoms with Gasteiger partial charge in [-0.3, -0.25) is 4.79 Å². The lowest BCUT2D eigenvalue weighted by molar-refractivity contribution is -0.120. The number of rotatable bonds is 6. The summed E-state index contributed by atoms with van der Waals surface area (Å²) in [5.74, 6) is 1.09. The van der Waals surface area contributed by atoms with Crippen LogP contribution in [0, 0.1) is 5.92 Å². The van der Waals surface area contributed by atoms with E-state index in [1.54, 1.807) is 12.1 Å². The van der Waals surface area contributed by atoms with Crippen molar-refractivity contribution in [3.8, 4) is 5.88 Å². The zero-order chi connectivity index (χ0) is 20.9. The lowest BCUT2D eigenvalue weighted by atomic mass is 9.97. The quantitative estimate of drug-likeness (QED) is 0.607. The van der Waals surface area contributed by atoms with E-state index in [0.717, 1.165) is 36.8 Å². The lowest BCUT2D eigenvalue weighted by Crippen LogP contribution is -2.41. The number of halogens is 1. The number of ether oxygens (including phenoxy) is 1. The Balaban J connectivity index is 1.56. The molecule has 0 unspecified atom stereocenters. The summed E-state index contributed by atoms with van der Waals surface area (Å²) in [5.41, 5.74) is 2.34. The minimum absolute atomic E-state index is 0.00765. The maximum absolute atomic E-state index is 12.9.